The molecule has 2 saturated carbocycles. The van der Waals surface area contributed by atoms with Crippen molar-refractivity contribution in [3.63, 3.8) is 0 Å². The molecule has 3 heteroatoms. The number of hydrogen-bond donors (Lipinski definition) is 2. The predicted molar refractivity (Wildman–Crippen MR) is 93.2 cm³/mol. The third-order valence-corrected chi connectivity index (χ3v) is 8.14. The zero-order valence-corrected chi connectivity index (χ0v) is 15.1. The maximum absolute atomic E-state index is 12.1. The van der Waals surface area contributed by atoms with Crippen LogP contribution < -0.4 is 0 Å². The van der Waals surface area contributed by atoms with Crippen molar-refractivity contribution < 1.29 is 15.0 Å². The van der Waals surface area contributed by atoms with Crippen LogP contribution in [0.25, 0.3) is 0 Å². The second-order valence-electron chi connectivity index (χ2n) is 9.10. The molecule has 2 fully saturated rings. The van der Waals surface area contributed by atoms with E-state index in [2.05, 4.69) is 26.0 Å². The van der Waals surface area contributed by atoms with E-state index in [4.69, 9.17) is 0 Å². The standard InChI is InChI=1S/C21H30O3/c1-12(22)16-6-7-17-15-5-4-13-10-14(23)11-19(24)21(13,3)18(15)8-9-20(16,17)2/h4,6,14-15,17-19,23-24H,5,7-11H2,1-3H3/t14-,15-,17?,18-,19+,20+,21-/m0/s1. The molecule has 0 aromatic carbocycles. The molecule has 3 nitrogen and oxygen atoms in total. The van der Waals surface area contributed by atoms with E-state index in [0.717, 1.165) is 37.7 Å². The van der Waals surface area contributed by atoms with Crippen LogP contribution in [0.4, 0.5) is 0 Å². The molecule has 0 aliphatic heterocycles. The van der Waals surface area contributed by atoms with E-state index < -0.39 is 12.2 Å². The lowest BCUT2D eigenvalue weighted by Crippen LogP contribution is -2.55. The number of aliphatic hydroxyl groups excluding tert-OH is 2. The van der Waals surface area contributed by atoms with Crippen LogP contribution >= 0.6 is 0 Å². The molecule has 0 aromatic heterocycles. The lowest BCUT2D eigenvalue weighted by atomic mass is 9.46. The average Bonchev–Trinajstić information content (AvgIpc) is 2.86. The van der Waals surface area contributed by atoms with Crippen LogP contribution in [0.5, 0.6) is 0 Å². The summed E-state index contributed by atoms with van der Waals surface area (Å²) in [7, 11) is 0. The number of ketones is 1. The summed E-state index contributed by atoms with van der Waals surface area (Å²) in [5.74, 6) is 1.76. The maximum atomic E-state index is 12.1. The van der Waals surface area contributed by atoms with Crippen molar-refractivity contribution in [1.29, 1.82) is 0 Å². The fourth-order valence-electron chi connectivity index (χ4n) is 6.81. The first-order chi connectivity index (χ1) is 11.3. The van der Waals surface area contributed by atoms with Gasteiger partial charge in [0.1, 0.15) is 0 Å². The number of carbonyl (C=O) groups is 1. The molecule has 0 bridgehead atoms. The highest BCUT2D eigenvalue weighted by Crippen LogP contribution is 2.64. The van der Waals surface area contributed by atoms with Crippen LogP contribution in [0.2, 0.25) is 0 Å². The Labute approximate surface area is 144 Å². The molecule has 0 heterocycles. The SMILES string of the molecule is CC(=O)C1=CCC2[C@@H]3CC=C4C[C@H](O)C[C@@H](O)[C@]4(C)[C@H]3CC[C@]12C. The van der Waals surface area contributed by atoms with E-state index in [1.165, 1.54) is 5.57 Å². The molecule has 0 spiro atoms. The van der Waals surface area contributed by atoms with Gasteiger partial charge in [0.2, 0.25) is 0 Å². The van der Waals surface area contributed by atoms with Gasteiger partial charge in [0.15, 0.2) is 5.78 Å². The van der Waals surface area contributed by atoms with E-state index in [9.17, 15) is 15.0 Å². The highest BCUT2D eigenvalue weighted by atomic mass is 16.3. The summed E-state index contributed by atoms with van der Waals surface area (Å²) in [5, 5.41) is 20.9. The summed E-state index contributed by atoms with van der Waals surface area (Å²) in [6.07, 6.45) is 9.02. The molecule has 1 unspecified atom stereocenters. The molecule has 4 aliphatic rings. The summed E-state index contributed by atoms with van der Waals surface area (Å²) < 4.78 is 0. The smallest absolute Gasteiger partial charge is 0.156 e. The van der Waals surface area contributed by atoms with E-state index in [-0.39, 0.29) is 16.6 Å². The third kappa shape index (κ3) is 2.00. The molecular weight excluding hydrogens is 300 g/mol. The van der Waals surface area contributed by atoms with Gasteiger partial charge >= 0.3 is 0 Å². The summed E-state index contributed by atoms with van der Waals surface area (Å²) in [6, 6.07) is 0. The molecule has 0 saturated heterocycles. The molecule has 0 radical (unpaired) electrons. The minimum Gasteiger partial charge on any atom is -0.393 e. The van der Waals surface area contributed by atoms with Crippen molar-refractivity contribution in [3.05, 3.63) is 23.3 Å². The Morgan fingerprint density at radius 3 is 2.62 bits per heavy atom. The van der Waals surface area contributed by atoms with Crippen LogP contribution in [0.1, 0.15) is 59.3 Å². The van der Waals surface area contributed by atoms with E-state index in [1.807, 2.05) is 0 Å². The zero-order chi connectivity index (χ0) is 17.3. The number of hydrogen-bond acceptors (Lipinski definition) is 3. The number of fused-ring (bicyclic) bond motifs is 5. The topological polar surface area (TPSA) is 57.5 Å². The van der Waals surface area contributed by atoms with Gasteiger partial charge in [0, 0.05) is 11.8 Å². The van der Waals surface area contributed by atoms with E-state index in [0.29, 0.717) is 24.2 Å². The number of carbonyl (C=O) groups excluding carboxylic acids is 1. The molecule has 4 rings (SSSR count). The minimum absolute atomic E-state index is 0.0217. The summed E-state index contributed by atoms with van der Waals surface area (Å²) in [4.78, 5) is 12.1. The van der Waals surface area contributed by atoms with Crippen molar-refractivity contribution in [2.45, 2.75) is 71.5 Å². The van der Waals surface area contributed by atoms with Gasteiger partial charge in [-0.3, -0.25) is 4.79 Å². The first kappa shape index (κ1) is 16.5. The van der Waals surface area contributed by atoms with Crippen LogP contribution in [0.15, 0.2) is 23.3 Å². The molecule has 2 N–H and O–H groups in total. The van der Waals surface area contributed by atoms with Crippen LogP contribution in [0.3, 0.4) is 0 Å². The third-order valence-electron chi connectivity index (χ3n) is 8.14. The molecule has 24 heavy (non-hydrogen) atoms. The molecular formula is C21H30O3. The summed E-state index contributed by atoms with van der Waals surface area (Å²) in [5.41, 5.74) is 2.15. The minimum atomic E-state index is -0.453. The maximum Gasteiger partial charge on any atom is 0.156 e. The zero-order valence-electron chi connectivity index (χ0n) is 15.1. The van der Waals surface area contributed by atoms with Crippen molar-refractivity contribution in [2.75, 3.05) is 0 Å². The number of Topliss-reactive ketones (excluding diaryl/α,β-unsaturated/α-hetero) is 1. The Bertz CT molecular complexity index is 633. The normalized spacial score (nSPS) is 50.3. The van der Waals surface area contributed by atoms with Crippen LogP contribution in [-0.4, -0.2) is 28.2 Å². The Kier molecular flexibility index (Phi) is 3.64. The van der Waals surface area contributed by atoms with Crippen molar-refractivity contribution >= 4 is 5.78 Å². The van der Waals surface area contributed by atoms with Gasteiger partial charge in [0.05, 0.1) is 12.2 Å². The van der Waals surface area contributed by atoms with Crippen LogP contribution in [0, 0.1) is 28.6 Å². The van der Waals surface area contributed by atoms with Crippen molar-refractivity contribution in [1.82, 2.24) is 0 Å². The Morgan fingerprint density at radius 2 is 1.92 bits per heavy atom. The van der Waals surface area contributed by atoms with Crippen molar-refractivity contribution in [2.24, 2.45) is 28.6 Å². The molecule has 7 atom stereocenters. The van der Waals surface area contributed by atoms with E-state index >= 15 is 0 Å². The fraction of sp³-hybridized carbons (Fsp3) is 0.762. The lowest BCUT2D eigenvalue weighted by molar-refractivity contribution is -0.117. The number of allylic oxidation sites excluding steroid dienone is 3. The average molecular weight is 330 g/mol. The second-order valence-corrected chi connectivity index (χ2v) is 9.10. The first-order valence-corrected chi connectivity index (χ1v) is 9.55. The Hall–Kier alpha value is -0.930. The van der Waals surface area contributed by atoms with Gasteiger partial charge in [0.25, 0.3) is 0 Å². The monoisotopic (exact) mass is 330 g/mol. The van der Waals surface area contributed by atoms with Gasteiger partial charge in [-0.25, -0.2) is 0 Å². The van der Waals surface area contributed by atoms with Crippen molar-refractivity contribution in [3.8, 4) is 0 Å². The van der Waals surface area contributed by atoms with E-state index in [1.54, 1.807) is 6.92 Å². The lowest BCUT2D eigenvalue weighted by Gasteiger charge is -2.58. The van der Waals surface area contributed by atoms with Gasteiger partial charge < -0.3 is 10.2 Å². The quantitative estimate of drug-likeness (QED) is 0.725. The van der Waals surface area contributed by atoms with Gasteiger partial charge in [-0.2, -0.15) is 0 Å². The molecule has 132 valence electrons. The number of rotatable bonds is 1. The Balaban J connectivity index is 1.70. The Morgan fingerprint density at radius 1 is 1.17 bits per heavy atom. The summed E-state index contributed by atoms with van der Waals surface area (Å²) in [6.45, 7) is 6.22. The van der Waals surface area contributed by atoms with Gasteiger partial charge in [-0.1, -0.05) is 31.6 Å². The highest BCUT2D eigenvalue weighted by molar-refractivity contribution is 5.95. The first-order valence-electron chi connectivity index (χ1n) is 9.55. The summed E-state index contributed by atoms with van der Waals surface area (Å²) >= 11 is 0. The molecule has 0 amide bonds. The van der Waals surface area contributed by atoms with Crippen LogP contribution in [-0.2, 0) is 4.79 Å². The second kappa shape index (κ2) is 5.28. The molecule has 4 aliphatic carbocycles. The predicted octanol–water partition coefficient (Wildman–Crippen LogP) is 3.41. The molecule has 0 aromatic rings. The van der Waals surface area contributed by atoms with Gasteiger partial charge in [-0.15, -0.1) is 0 Å². The van der Waals surface area contributed by atoms with Gasteiger partial charge in [-0.05, 0) is 67.8 Å². The number of aliphatic hydroxyl groups is 2. The highest BCUT2D eigenvalue weighted by Gasteiger charge is 2.59. The fourth-order valence-corrected chi connectivity index (χ4v) is 6.81. The largest absolute Gasteiger partial charge is 0.393 e.